The van der Waals surface area contributed by atoms with Crippen LogP contribution in [0.25, 0.3) is 0 Å². The molecule has 90 valence electrons. The third-order valence-corrected chi connectivity index (χ3v) is 3.29. The van der Waals surface area contributed by atoms with Crippen molar-refractivity contribution >= 4 is 11.9 Å². The fourth-order valence-corrected chi connectivity index (χ4v) is 2.24. The highest BCUT2D eigenvalue weighted by molar-refractivity contribution is 5.88. The van der Waals surface area contributed by atoms with E-state index in [2.05, 4.69) is 5.32 Å². The van der Waals surface area contributed by atoms with E-state index in [1.165, 1.54) is 6.92 Å². The Bertz CT molecular complexity index is 323. The summed E-state index contributed by atoms with van der Waals surface area (Å²) in [5.74, 6) is -3.76. The minimum absolute atomic E-state index is 0.234. The Labute approximate surface area is 92.9 Å². The molecular weight excluding hydrogens is 214 g/mol. The molecule has 1 amide bonds. The van der Waals surface area contributed by atoms with Crippen LogP contribution in [-0.2, 0) is 19.1 Å². The molecule has 2 saturated heterocycles. The normalized spacial score (nSPS) is 34.0. The molecule has 6 nitrogen and oxygen atoms in total. The van der Waals surface area contributed by atoms with Gasteiger partial charge in [0.25, 0.3) is 0 Å². The van der Waals surface area contributed by atoms with Crippen molar-refractivity contribution in [1.29, 1.82) is 0 Å². The predicted octanol–water partition coefficient (Wildman–Crippen LogP) is -1.75. The predicted molar refractivity (Wildman–Crippen MR) is 49.9 cm³/mol. The van der Waals surface area contributed by atoms with E-state index < -0.39 is 29.6 Å². The van der Waals surface area contributed by atoms with Crippen LogP contribution in [0.2, 0.25) is 0 Å². The number of carbonyl (C=O) groups excluding carboxylic acids is 2. The zero-order valence-electron chi connectivity index (χ0n) is 9.19. The molecule has 0 radical (unpaired) electrons. The summed E-state index contributed by atoms with van der Waals surface area (Å²) in [6, 6.07) is -0.486. The summed E-state index contributed by atoms with van der Waals surface area (Å²) < 4.78 is 10.8. The van der Waals surface area contributed by atoms with Crippen molar-refractivity contribution in [2.75, 3.05) is 13.2 Å². The van der Waals surface area contributed by atoms with Gasteiger partial charge >= 0.3 is 0 Å². The van der Waals surface area contributed by atoms with Gasteiger partial charge in [0, 0.05) is 11.9 Å². The summed E-state index contributed by atoms with van der Waals surface area (Å²) in [7, 11) is 0. The zero-order valence-corrected chi connectivity index (χ0v) is 9.19. The van der Waals surface area contributed by atoms with Crippen LogP contribution >= 0.6 is 0 Å². The number of carboxylic acid groups (broad SMARTS) is 1. The van der Waals surface area contributed by atoms with Crippen molar-refractivity contribution in [2.24, 2.45) is 11.8 Å². The number of hydrogen-bond acceptors (Lipinski definition) is 5. The fourth-order valence-electron chi connectivity index (χ4n) is 2.24. The second-order valence-electron chi connectivity index (χ2n) is 4.33. The number of carbonyl (C=O) groups is 2. The lowest BCUT2D eigenvalue weighted by molar-refractivity contribution is -0.313. The van der Waals surface area contributed by atoms with Crippen molar-refractivity contribution in [3.05, 3.63) is 0 Å². The highest BCUT2D eigenvalue weighted by Gasteiger charge is 2.56. The van der Waals surface area contributed by atoms with E-state index in [0.29, 0.717) is 13.2 Å². The van der Waals surface area contributed by atoms with E-state index in [-0.39, 0.29) is 5.91 Å². The highest BCUT2D eigenvalue weighted by Crippen LogP contribution is 2.37. The summed E-state index contributed by atoms with van der Waals surface area (Å²) in [5, 5.41) is 13.3. The van der Waals surface area contributed by atoms with Crippen LogP contribution < -0.4 is 10.4 Å². The van der Waals surface area contributed by atoms with Crippen molar-refractivity contribution in [3.63, 3.8) is 0 Å². The molecule has 2 fully saturated rings. The quantitative estimate of drug-likeness (QED) is 0.579. The minimum atomic E-state index is -1.18. The first-order chi connectivity index (χ1) is 7.46. The molecule has 3 atom stereocenters. The smallest absolute Gasteiger partial charge is 0.230 e. The largest absolute Gasteiger partial charge is 0.550 e. The Kier molecular flexibility index (Phi) is 2.63. The lowest BCUT2D eigenvalue weighted by Gasteiger charge is -2.47. The lowest BCUT2D eigenvalue weighted by atomic mass is 9.77. The first kappa shape index (κ1) is 11.3. The van der Waals surface area contributed by atoms with Crippen LogP contribution in [0.1, 0.15) is 13.8 Å². The summed E-state index contributed by atoms with van der Waals surface area (Å²) >= 11 is 0. The standard InChI is InChI=1S/C10H15NO5/c1-5(9(13)14)7-6(8(12)11-7)10(2)15-3-4-16-10/h5-7H,3-4H2,1-2H3,(H,11,12)(H,13,14)/p-1. The number of amides is 1. The molecule has 3 unspecified atom stereocenters. The van der Waals surface area contributed by atoms with E-state index in [1.807, 2.05) is 0 Å². The molecule has 2 rings (SSSR count). The van der Waals surface area contributed by atoms with Crippen LogP contribution in [0.5, 0.6) is 0 Å². The van der Waals surface area contributed by atoms with Gasteiger partial charge in [-0.1, -0.05) is 6.92 Å². The van der Waals surface area contributed by atoms with Crippen molar-refractivity contribution < 1.29 is 24.2 Å². The topological polar surface area (TPSA) is 87.7 Å². The second kappa shape index (κ2) is 3.71. The Morgan fingerprint density at radius 1 is 1.56 bits per heavy atom. The molecule has 2 aliphatic rings. The molecule has 0 aliphatic carbocycles. The Balaban J connectivity index is 2.13. The minimum Gasteiger partial charge on any atom is -0.550 e. The maximum absolute atomic E-state index is 11.5. The van der Waals surface area contributed by atoms with E-state index in [4.69, 9.17) is 9.47 Å². The van der Waals surface area contributed by atoms with Gasteiger partial charge in [0.1, 0.15) is 5.92 Å². The fraction of sp³-hybridized carbons (Fsp3) is 0.800. The monoisotopic (exact) mass is 228 g/mol. The molecule has 6 heteroatoms. The number of hydrogen-bond donors (Lipinski definition) is 1. The van der Waals surface area contributed by atoms with Crippen LogP contribution in [0.3, 0.4) is 0 Å². The first-order valence-electron chi connectivity index (χ1n) is 5.25. The third kappa shape index (κ3) is 1.58. The van der Waals surface area contributed by atoms with Gasteiger partial charge in [-0.25, -0.2) is 0 Å². The summed E-state index contributed by atoms with van der Waals surface area (Å²) in [6.45, 7) is 4.02. The summed E-state index contributed by atoms with van der Waals surface area (Å²) in [6.07, 6.45) is 0. The zero-order chi connectivity index (χ0) is 11.9. The molecule has 0 aromatic heterocycles. The molecule has 2 heterocycles. The average molecular weight is 228 g/mol. The van der Waals surface area contributed by atoms with Gasteiger partial charge in [-0.2, -0.15) is 0 Å². The molecule has 0 aromatic rings. The molecule has 0 bridgehead atoms. The van der Waals surface area contributed by atoms with E-state index in [0.717, 1.165) is 0 Å². The van der Waals surface area contributed by atoms with Crippen molar-refractivity contribution in [3.8, 4) is 0 Å². The SMILES string of the molecule is CC(C(=O)[O-])C1NC(=O)C1C1(C)OCCO1. The summed E-state index contributed by atoms with van der Waals surface area (Å²) in [4.78, 5) is 22.2. The second-order valence-corrected chi connectivity index (χ2v) is 4.33. The maximum Gasteiger partial charge on any atom is 0.230 e. The Morgan fingerprint density at radius 2 is 2.12 bits per heavy atom. The molecule has 2 aliphatic heterocycles. The molecule has 0 saturated carbocycles. The van der Waals surface area contributed by atoms with Gasteiger partial charge < -0.3 is 24.7 Å². The molecule has 0 spiro atoms. The van der Waals surface area contributed by atoms with E-state index in [1.54, 1.807) is 6.92 Å². The number of carboxylic acids is 1. The number of ether oxygens (including phenoxy) is 2. The molecule has 1 N–H and O–H groups in total. The highest BCUT2D eigenvalue weighted by atomic mass is 16.7. The van der Waals surface area contributed by atoms with Gasteiger partial charge in [0.05, 0.1) is 19.3 Å². The van der Waals surface area contributed by atoms with Crippen LogP contribution in [0.4, 0.5) is 0 Å². The maximum atomic E-state index is 11.5. The van der Waals surface area contributed by atoms with Crippen LogP contribution in [-0.4, -0.2) is 36.9 Å². The van der Waals surface area contributed by atoms with E-state index in [9.17, 15) is 14.7 Å². The first-order valence-corrected chi connectivity index (χ1v) is 5.25. The van der Waals surface area contributed by atoms with Gasteiger partial charge in [0.15, 0.2) is 5.79 Å². The van der Waals surface area contributed by atoms with Gasteiger partial charge in [-0.05, 0) is 6.92 Å². The van der Waals surface area contributed by atoms with Crippen molar-refractivity contribution in [2.45, 2.75) is 25.7 Å². The van der Waals surface area contributed by atoms with E-state index >= 15 is 0 Å². The molecular formula is C10H14NO5-. The van der Waals surface area contributed by atoms with Gasteiger partial charge in [0.2, 0.25) is 5.91 Å². The number of rotatable bonds is 3. The Morgan fingerprint density at radius 3 is 2.56 bits per heavy atom. The number of nitrogens with one attached hydrogen (secondary N) is 1. The lowest BCUT2D eigenvalue weighted by Crippen LogP contribution is -2.70. The van der Waals surface area contributed by atoms with Gasteiger partial charge in [-0.3, -0.25) is 4.79 Å². The van der Waals surface area contributed by atoms with Gasteiger partial charge in [-0.15, -0.1) is 0 Å². The number of aliphatic carboxylic acids is 1. The summed E-state index contributed by atoms with van der Waals surface area (Å²) in [5.41, 5.74) is 0. The van der Waals surface area contributed by atoms with Crippen LogP contribution in [0.15, 0.2) is 0 Å². The molecule has 16 heavy (non-hydrogen) atoms. The van der Waals surface area contributed by atoms with Crippen LogP contribution in [0, 0.1) is 11.8 Å². The van der Waals surface area contributed by atoms with Crippen molar-refractivity contribution in [1.82, 2.24) is 5.32 Å². The molecule has 0 aromatic carbocycles. The third-order valence-electron chi connectivity index (χ3n) is 3.29. The average Bonchev–Trinajstić information content (AvgIpc) is 2.59. The number of β-lactam (4-membered cyclic amide) rings is 1. The Hall–Kier alpha value is -1.14.